The van der Waals surface area contributed by atoms with Crippen molar-refractivity contribution in [3.8, 4) is 5.75 Å². The maximum absolute atomic E-state index is 13.4. The molecule has 0 saturated heterocycles. The number of amides is 3. The van der Waals surface area contributed by atoms with Crippen molar-refractivity contribution in [3.63, 3.8) is 0 Å². The van der Waals surface area contributed by atoms with Crippen LogP contribution in [0.1, 0.15) is 23.7 Å². The Hall–Kier alpha value is -5.21. The number of aromatic nitrogens is 3. The van der Waals surface area contributed by atoms with Crippen molar-refractivity contribution in [1.82, 2.24) is 30.9 Å². The van der Waals surface area contributed by atoms with E-state index in [1.54, 1.807) is 18.3 Å². The van der Waals surface area contributed by atoms with Gasteiger partial charge in [-0.3, -0.25) is 14.4 Å². The number of imidazole rings is 1. The molecule has 5 atom stereocenters. The summed E-state index contributed by atoms with van der Waals surface area (Å²) in [5.74, 6) is -3.61. The molecule has 0 radical (unpaired) electrons. The number of aliphatic carboxylic acids is 1. The van der Waals surface area contributed by atoms with Crippen LogP contribution < -0.4 is 21.7 Å². The van der Waals surface area contributed by atoms with Crippen LogP contribution in [-0.2, 0) is 38.4 Å². The Bertz CT molecular complexity index is 1580. The van der Waals surface area contributed by atoms with Gasteiger partial charge >= 0.3 is 5.97 Å². The Morgan fingerprint density at radius 3 is 2.25 bits per heavy atom. The molecule has 0 fully saturated rings. The Kier molecular flexibility index (Phi) is 10.3. The minimum absolute atomic E-state index is 0.0267. The van der Waals surface area contributed by atoms with Crippen molar-refractivity contribution in [2.24, 2.45) is 5.73 Å². The fraction of sp³-hybridized carbons (Fsp3) is 0.300. The predicted octanol–water partition coefficient (Wildman–Crippen LogP) is -0.128. The number of fused-ring (bicyclic) bond motifs is 1. The van der Waals surface area contributed by atoms with E-state index in [-0.39, 0.29) is 25.0 Å². The van der Waals surface area contributed by atoms with Crippen molar-refractivity contribution in [3.05, 3.63) is 84.1 Å². The van der Waals surface area contributed by atoms with Gasteiger partial charge in [0.2, 0.25) is 17.7 Å². The summed E-state index contributed by atoms with van der Waals surface area (Å²) in [7, 11) is 0. The molecule has 0 spiro atoms. The largest absolute Gasteiger partial charge is 0.508 e. The molecule has 14 nitrogen and oxygen atoms in total. The number of hydrogen-bond donors (Lipinski definition) is 9. The van der Waals surface area contributed by atoms with Crippen LogP contribution in [0.15, 0.2) is 67.3 Å². The van der Waals surface area contributed by atoms with E-state index < -0.39 is 54.0 Å². The van der Waals surface area contributed by atoms with E-state index in [0.717, 1.165) is 10.9 Å². The summed E-state index contributed by atoms with van der Waals surface area (Å²) in [6, 6.07) is 8.26. The van der Waals surface area contributed by atoms with Crippen molar-refractivity contribution >= 4 is 34.6 Å². The number of aliphatic hydroxyl groups is 1. The number of carbonyl (C=O) groups is 4. The standard InChI is InChI=1S/C30H35N7O7/c1-16(38)26(37-27(40)22(31)10-17-6-8-20(39)9-7-17)29(42)35-24(12-19-14-32-15-34-19)28(41)36-25(30(43)44)11-18-13-33-23-5-3-2-4-21(18)23/h2-9,13-16,22,24-26,33,38-39H,10-12,31H2,1H3,(H,32,34)(H,35,42)(H,36,41)(H,37,40)(H,43,44). The number of aromatic hydroxyl groups is 1. The summed E-state index contributed by atoms with van der Waals surface area (Å²) in [5.41, 5.74) is 8.67. The van der Waals surface area contributed by atoms with E-state index in [0.29, 0.717) is 16.8 Å². The molecule has 3 amide bonds. The summed E-state index contributed by atoms with van der Waals surface area (Å²) in [5, 5.41) is 38.0. The first-order valence-electron chi connectivity index (χ1n) is 13.9. The highest BCUT2D eigenvalue weighted by molar-refractivity contribution is 5.95. The quantitative estimate of drug-likeness (QED) is 0.0929. The van der Waals surface area contributed by atoms with Gasteiger partial charge in [0.25, 0.3) is 0 Å². The maximum atomic E-state index is 13.4. The Morgan fingerprint density at radius 2 is 1.59 bits per heavy atom. The second kappa shape index (κ2) is 14.3. The van der Waals surface area contributed by atoms with Gasteiger partial charge < -0.3 is 47.0 Å². The van der Waals surface area contributed by atoms with Crippen LogP contribution in [0.4, 0.5) is 0 Å². The first-order valence-corrected chi connectivity index (χ1v) is 13.9. The number of nitrogens with zero attached hydrogens (tertiary/aromatic N) is 1. The molecule has 0 saturated carbocycles. The number of H-pyrrole nitrogens is 2. The zero-order valence-electron chi connectivity index (χ0n) is 23.9. The monoisotopic (exact) mass is 605 g/mol. The number of carboxylic acids is 1. The number of carbonyl (C=O) groups excluding carboxylic acids is 3. The van der Waals surface area contributed by atoms with Crippen molar-refractivity contribution in [2.75, 3.05) is 0 Å². The molecule has 0 bridgehead atoms. The Morgan fingerprint density at radius 1 is 0.886 bits per heavy atom. The third-order valence-corrected chi connectivity index (χ3v) is 7.12. The molecule has 2 aromatic carbocycles. The SMILES string of the molecule is CC(O)C(NC(=O)C(N)Cc1ccc(O)cc1)C(=O)NC(Cc1cnc[nH]1)C(=O)NC(Cc1c[nH]c2ccccc12)C(=O)O. The number of phenolic OH excluding ortho intramolecular Hbond substituents is 1. The summed E-state index contributed by atoms with van der Waals surface area (Å²) in [4.78, 5) is 61.6. The molecule has 10 N–H and O–H groups in total. The first kappa shape index (κ1) is 31.7. The molecule has 232 valence electrons. The highest BCUT2D eigenvalue weighted by atomic mass is 16.4. The third kappa shape index (κ3) is 8.20. The predicted molar refractivity (Wildman–Crippen MR) is 159 cm³/mol. The number of aliphatic hydroxyl groups excluding tert-OH is 1. The number of phenols is 1. The maximum Gasteiger partial charge on any atom is 0.326 e. The molecule has 14 heteroatoms. The van der Waals surface area contributed by atoms with Gasteiger partial charge in [0.1, 0.15) is 23.9 Å². The smallest absolute Gasteiger partial charge is 0.326 e. The fourth-order valence-corrected chi connectivity index (χ4v) is 4.72. The van der Waals surface area contributed by atoms with Gasteiger partial charge in [0.05, 0.1) is 18.5 Å². The zero-order valence-corrected chi connectivity index (χ0v) is 23.9. The van der Waals surface area contributed by atoms with Crippen LogP contribution in [0.3, 0.4) is 0 Å². The fourth-order valence-electron chi connectivity index (χ4n) is 4.72. The molecule has 0 aliphatic rings. The van der Waals surface area contributed by atoms with Gasteiger partial charge in [-0.2, -0.15) is 0 Å². The van der Waals surface area contributed by atoms with Gasteiger partial charge in [-0.05, 0) is 42.7 Å². The molecule has 4 rings (SSSR count). The van der Waals surface area contributed by atoms with Gasteiger partial charge in [-0.1, -0.05) is 30.3 Å². The van der Waals surface area contributed by atoms with Gasteiger partial charge in [-0.15, -0.1) is 0 Å². The lowest BCUT2D eigenvalue weighted by Gasteiger charge is -2.26. The van der Waals surface area contributed by atoms with Crippen molar-refractivity contribution in [2.45, 2.75) is 56.5 Å². The lowest BCUT2D eigenvalue weighted by atomic mass is 10.0. The number of aromatic amines is 2. The minimum Gasteiger partial charge on any atom is -0.508 e. The van der Waals surface area contributed by atoms with Crippen LogP contribution in [0, 0.1) is 0 Å². The molecule has 0 aliphatic carbocycles. The Labute approximate surface area is 252 Å². The molecule has 5 unspecified atom stereocenters. The number of carboxylic acid groups (broad SMARTS) is 1. The molecular formula is C30H35N7O7. The summed E-state index contributed by atoms with van der Waals surface area (Å²) < 4.78 is 0. The van der Waals surface area contributed by atoms with Crippen LogP contribution in [0.25, 0.3) is 10.9 Å². The highest BCUT2D eigenvalue weighted by Gasteiger charge is 2.33. The van der Waals surface area contributed by atoms with Crippen LogP contribution in [-0.4, -0.2) is 84.2 Å². The molecule has 0 aliphatic heterocycles. The topological polar surface area (TPSA) is 236 Å². The van der Waals surface area contributed by atoms with E-state index in [9.17, 15) is 34.5 Å². The molecule has 4 aromatic rings. The average Bonchev–Trinajstić information content (AvgIpc) is 3.66. The number of rotatable bonds is 14. The lowest BCUT2D eigenvalue weighted by molar-refractivity contribution is -0.142. The lowest BCUT2D eigenvalue weighted by Crippen LogP contribution is -2.60. The third-order valence-electron chi connectivity index (χ3n) is 7.12. The average molecular weight is 606 g/mol. The van der Waals surface area contributed by atoms with E-state index in [4.69, 9.17) is 5.73 Å². The minimum atomic E-state index is -1.48. The first-order chi connectivity index (χ1) is 21.0. The van der Waals surface area contributed by atoms with Crippen LogP contribution >= 0.6 is 0 Å². The van der Waals surface area contributed by atoms with Gasteiger partial charge in [0, 0.05) is 41.8 Å². The molecule has 44 heavy (non-hydrogen) atoms. The summed E-state index contributed by atoms with van der Waals surface area (Å²) in [6.45, 7) is 1.29. The number of nitrogens with one attached hydrogen (secondary N) is 5. The summed E-state index contributed by atoms with van der Waals surface area (Å²) in [6.07, 6.45) is 3.13. The van der Waals surface area contributed by atoms with Crippen LogP contribution in [0.5, 0.6) is 5.75 Å². The van der Waals surface area contributed by atoms with E-state index in [1.165, 1.54) is 31.6 Å². The molecular weight excluding hydrogens is 570 g/mol. The van der Waals surface area contributed by atoms with E-state index >= 15 is 0 Å². The van der Waals surface area contributed by atoms with Crippen molar-refractivity contribution in [1.29, 1.82) is 0 Å². The van der Waals surface area contributed by atoms with E-state index in [1.807, 2.05) is 24.3 Å². The number of hydrogen-bond acceptors (Lipinski definition) is 8. The van der Waals surface area contributed by atoms with Gasteiger partial charge in [0.15, 0.2) is 0 Å². The molecule has 2 heterocycles. The second-order valence-electron chi connectivity index (χ2n) is 10.5. The Balaban J connectivity index is 1.46. The highest BCUT2D eigenvalue weighted by Crippen LogP contribution is 2.19. The molecule has 2 aromatic heterocycles. The van der Waals surface area contributed by atoms with Gasteiger partial charge in [-0.25, -0.2) is 9.78 Å². The number of nitrogens with two attached hydrogens (primary N) is 1. The van der Waals surface area contributed by atoms with Crippen LogP contribution in [0.2, 0.25) is 0 Å². The van der Waals surface area contributed by atoms with Crippen molar-refractivity contribution < 1.29 is 34.5 Å². The number of para-hydroxylation sites is 1. The number of benzene rings is 2. The normalized spacial score (nSPS) is 14.6. The second-order valence-corrected chi connectivity index (χ2v) is 10.5. The van der Waals surface area contributed by atoms with E-state index in [2.05, 4.69) is 30.9 Å². The summed E-state index contributed by atoms with van der Waals surface area (Å²) >= 11 is 0. The zero-order chi connectivity index (χ0) is 31.8.